The van der Waals surface area contributed by atoms with Crippen molar-refractivity contribution < 1.29 is 27.8 Å². The van der Waals surface area contributed by atoms with Gasteiger partial charge in [0.25, 0.3) is 0 Å². The molecule has 0 bridgehead atoms. The zero-order chi connectivity index (χ0) is 19.2. The normalized spacial score (nSPS) is 12.4. The number of amides is 1. The summed E-state index contributed by atoms with van der Waals surface area (Å²) in [5.41, 5.74) is -0.475. The minimum Gasteiger partial charge on any atom is -0.466 e. The number of carbonyl (C=O) groups excluding carboxylic acids is 2. The third kappa shape index (κ3) is 7.49. The van der Waals surface area contributed by atoms with E-state index in [9.17, 15) is 18.4 Å². The molecule has 25 heavy (non-hydrogen) atoms. The molecule has 5 nitrogen and oxygen atoms in total. The summed E-state index contributed by atoms with van der Waals surface area (Å²) >= 11 is 0. The van der Waals surface area contributed by atoms with Gasteiger partial charge in [0.05, 0.1) is 13.0 Å². The predicted octanol–water partition coefficient (Wildman–Crippen LogP) is 3.66. The van der Waals surface area contributed by atoms with Crippen LogP contribution in [0.1, 0.15) is 45.2 Å². The summed E-state index contributed by atoms with van der Waals surface area (Å²) in [6.45, 7) is 8.39. The number of esters is 1. The standard InChI is InChI=1S/C18H25F2NO4/c1-6-24-16(22)10-13(21-17(23)25-18(3,4)5)8-12-9-14(19)11(2)7-15(12)20/h7,9,13H,6,8,10H2,1-5H3,(H,21,23). The van der Waals surface area contributed by atoms with Gasteiger partial charge < -0.3 is 14.8 Å². The molecule has 0 aromatic heterocycles. The van der Waals surface area contributed by atoms with Gasteiger partial charge in [0.15, 0.2) is 0 Å². The van der Waals surface area contributed by atoms with Crippen LogP contribution in [0, 0.1) is 18.6 Å². The molecule has 0 aliphatic rings. The number of alkyl carbamates (subject to hydrolysis) is 1. The number of hydrogen-bond acceptors (Lipinski definition) is 4. The van der Waals surface area contributed by atoms with Crippen LogP contribution in [0.2, 0.25) is 0 Å². The van der Waals surface area contributed by atoms with Crippen LogP contribution in [0.3, 0.4) is 0 Å². The second-order valence-electron chi connectivity index (χ2n) is 6.75. The van der Waals surface area contributed by atoms with E-state index in [0.29, 0.717) is 0 Å². The van der Waals surface area contributed by atoms with Gasteiger partial charge in [-0.3, -0.25) is 4.79 Å². The number of aryl methyl sites for hydroxylation is 1. The average Bonchev–Trinajstić information content (AvgIpc) is 2.42. The number of halogens is 2. The summed E-state index contributed by atoms with van der Waals surface area (Å²) in [5, 5.41) is 2.52. The Balaban J connectivity index is 2.92. The van der Waals surface area contributed by atoms with Crippen LogP contribution in [-0.2, 0) is 20.7 Å². The van der Waals surface area contributed by atoms with Crippen molar-refractivity contribution in [2.24, 2.45) is 0 Å². The lowest BCUT2D eigenvalue weighted by molar-refractivity contribution is -0.143. The molecule has 0 saturated heterocycles. The number of benzene rings is 1. The second kappa shape index (κ2) is 8.78. The number of ether oxygens (including phenoxy) is 2. The molecular weight excluding hydrogens is 332 g/mol. The predicted molar refractivity (Wildman–Crippen MR) is 89.2 cm³/mol. The van der Waals surface area contributed by atoms with Crippen LogP contribution in [0.4, 0.5) is 13.6 Å². The molecule has 0 aliphatic carbocycles. The van der Waals surface area contributed by atoms with E-state index < -0.39 is 35.3 Å². The Labute approximate surface area is 146 Å². The van der Waals surface area contributed by atoms with E-state index in [1.165, 1.54) is 6.92 Å². The van der Waals surface area contributed by atoms with Gasteiger partial charge in [-0.25, -0.2) is 13.6 Å². The smallest absolute Gasteiger partial charge is 0.407 e. The Morgan fingerprint density at radius 1 is 1.20 bits per heavy atom. The van der Waals surface area contributed by atoms with Crippen LogP contribution in [-0.4, -0.2) is 30.3 Å². The number of nitrogens with one attached hydrogen (secondary N) is 1. The zero-order valence-corrected chi connectivity index (χ0v) is 15.2. The molecule has 1 N–H and O–H groups in total. The number of rotatable bonds is 6. The highest BCUT2D eigenvalue weighted by Crippen LogP contribution is 2.17. The topological polar surface area (TPSA) is 64.6 Å². The Bertz CT molecular complexity index is 626. The maximum Gasteiger partial charge on any atom is 0.407 e. The van der Waals surface area contributed by atoms with Crippen molar-refractivity contribution >= 4 is 12.1 Å². The first kappa shape index (κ1) is 20.9. The summed E-state index contributed by atoms with van der Waals surface area (Å²) in [5.74, 6) is -1.70. The van der Waals surface area contributed by atoms with Crippen LogP contribution >= 0.6 is 0 Å². The van der Waals surface area contributed by atoms with Crippen molar-refractivity contribution in [1.82, 2.24) is 5.32 Å². The molecule has 0 spiro atoms. The van der Waals surface area contributed by atoms with Gasteiger partial charge in [-0.15, -0.1) is 0 Å². The molecule has 1 rings (SSSR count). The second-order valence-corrected chi connectivity index (χ2v) is 6.75. The first-order valence-corrected chi connectivity index (χ1v) is 8.11. The summed E-state index contributed by atoms with van der Waals surface area (Å²) < 4.78 is 37.8. The molecule has 1 aromatic rings. The maximum absolute atomic E-state index is 14.1. The lowest BCUT2D eigenvalue weighted by Gasteiger charge is -2.23. The van der Waals surface area contributed by atoms with E-state index in [4.69, 9.17) is 9.47 Å². The summed E-state index contributed by atoms with van der Waals surface area (Å²) in [7, 11) is 0. The fourth-order valence-electron chi connectivity index (χ4n) is 2.18. The SMILES string of the molecule is CCOC(=O)CC(Cc1cc(F)c(C)cc1F)NC(=O)OC(C)(C)C. The quantitative estimate of drug-likeness (QED) is 0.789. The van der Waals surface area contributed by atoms with Crippen molar-refractivity contribution in [2.45, 2.75) is 59.1 Å². The van der Waals surface area contributed by atoms with Gasteiger partial charge in [-0.05, 0) is 64.3 Å². The molecule has 1 amide bonds. The van der Waals surface area contributed by atoms with Crippen molar-refractivity contribution in [3.05, 3.63) is 34.9 Å². The Hall–Kier alpha value is -2.18. The monoisotopic (exact) mass is 357 g/mol. The van der Waals surface area contributed by atoms with Gasteiger partial charge in [-0.2, -0.15) is 0 Å². The molecule has 0 radical (unpaired) electrons. The van der Waals surface area contributed by atoms with Crippen molar-refractivity contribution in [3.8, 4) is 0 Å². The van der Waals surface area contributed by atoms with E-state index in [1.54, 1.807) is 27.7 Å². The zero-order valence-electron chi connectivity index (χ0n) is 15.2. The van der Waals surface area contributed by atoms with Gasteiger partial charge in [0.1, 0.15) is 17.2 Å². The van der Waals surface area contributed by atoms with Crippen LogP contribution in [0.5, 0.6) is 0 Å². The lowest BCUT2D eigenvalue weighted by Crippen LogP contribution is -2.41. The third-order valence-corrected chi connectivity index (χ3v) is 3.23. The minimum absolute atomic E-state index is 0.0634. The highest BCUT2D eigenvalue weighted by molar-refractivity contribution is 5.73. The number of carbonyl (C=O) groups is 2. The van der Waals surface area contributed by atoms with E-state index in [2.05, 4.69) is 5.32 Å². The van der Waals surface area contributed by atoms with Crippen LogP contribution < -0.4 is 5.32 Å². The van der Waals surface area contributed by atoms with Gasteiger partial charge in [-0.1, -0.05) is 0 Å². The minimum atomic E-state index is -0.787. The van der Waals surface area contributed by atoms with E-state index in [0.717, 1.165) is 12.1 Å². The molecule has 0 fully saturated rings. The third-order valence-electron chi connectivity index (χ3n) is 3.23. The molecule has 1 aromatic carbocycles. The molecule has 7 heteroatoms. The van der Waals surface area contributed by atoms with Crippen molar-refractivity contribution in [3.63, 3.8) is 0 Å². The summed E-state index contributed by atoms with van der Waals surface area (Å²) in [4.78, 5) is 23.7. The molecule has 0 saturated carbocycles. The first-order chi connectivity index (χ1) is 11.5. The highest BCUT2D eigenvalue weighted by Gasteiger charge is 2.23. The Kier molecular flexibility index (Phi) is 7.33. The molecule has 140 valence electrons. The Morgan fingerprint density at radius 3 is 2.40 bits per heavy atom. The van der Waals surface area contributed by atoms with E-state index in [1.807, 2.05) is 0 Å². The molecular formula is C18H25F2NO4. The molecule has 1 unspecified atom stereocenters. The van der Waals surface area contributed by atoms with Crippen molar-refractivity contribution in [2.75, 3.05) is 6.61 Å². The fourth-order valence-corrected chi connectivity index (χ4v) is 2.18. The van der Waals surface area contributed by atoms with E-state index >= 15 is 0 Å². The van der Waals surface area contributed by atoms with Gasteiger partial charge in [0.2, 0.25) is 0 Å². The number of hydrogen-bond donors (Lipinski definition) is 1. The Morgan fingerprint density at radius 2 is 1.84 bits per heavy atom. The summed E-state index contributed by atoms with van der Waals surface area (Å²) in [6, 6.07) is 1.37. The molecule has 0 heterocycles. The van der Waals surface area contributed by atoms with Gasteiger partial charge in [0, 0.05) is 6.04 Å². The van der Waals surface area contributed by atoms with Crippen LogP contribution in [0.25, 0.3) is 0 Å². The van der Waals surface area contributed by atoms with Gasteiger partial charge >= 0.3 is 12.1 Å². The maximum atomic E-state index is 14.1. The summed E-state index contributed by atoms with van der Waals surface area (Å²) in [6.07, 6.45) is -0.988. The highest BCUT2D eigenvalue weighted by atomic mass is 19.1. The molecule has 0 aliphatic heterocycles. The lowest BCUT2D eigenvalue weighted by atomic mass is 10.0. The fraction of sp³-hybridized carbons (Fsp3) is 0.556. The van der Waals surface area contributed by atoms with Crippen molar-refractivity contribution in [1.29, 1.82) is 0 Å². The largest absolute Gasteiger partial charge is 0.466 e. The van der Waals surface area contributed by atoms with E-state index in [-0.39, 0.29) is 30.6 Å². The first-order valence-electron chi connectivity index (χ1n) is 8.11. The molecule has 1 atom stereocenters. The average molecular weight is 357 g/mol. The van der Waals surface area contributed by atoms with Crippen LogP contribution in [0.15, 0.2) is 12.1 Å².